The lowest BCUT2D eigenvalue weighted by molar-refractivity contribution is 0.102. The highest BCUT2D eigenvalue weighted by molar-refractivity contribution is 7.92. The molecule has 2 aromatic heterocycles. The lowest BCUT2D eigenvalue weighted by Gasteiger charge is -2.10. The van der Waals surface area contributed by atoms with Crippen LogP contribution >= 0.6 is 0 Å². The summed E-state index contributed by atoms with van der Waals surface area (Å²) < 4.78 is 45.3. The smallest absolute Gasteiger partial charge is 0.321 e. The van der Waals surface area contributed by atoms with Crippen molar-refractivity contribution >= 4 is 27.4 Å². The van der Waals surface area contributed by atoms with Gasteiger partial charge in [0.05, 0.1) is 19.1 Å². The first-order valence-corrected chi connectivity index (χ1v) is 12.8. The number of hydrogen-bond acceptors (Lipinski definition) is 9. The molecule has 12 nitrogen and oxygen atoms in total. The summed E-state index contributed by atoms with van der Waals surface area (Å²) in [4.78, 5) is 20.5. The maximum atomic E-state index is 12.8. The average molecular weight is 539 g/mol. The Morgan fingerprint density at radius 2 is 1.74 bits per heavy atom. The van der Waals surface area contributed by atoms with Crippen molar-refractivity contribution in [3.05, 3.63) is 77.6 Å². The lowest BCUT2D eigenvalue weighted by atomic mass is 10.1. The molecule has 13 heteroatoms. The normalized spacial score (nSPS) is 11.1. The zero-order valence-corrected chi connectivity index (χ0v) is 21.9. The fourth-order valence-corrected chi connectivity index (χ4v) is 4.31. The third-order valence-electron chi connectivity index (χ3n) is 5.30. The Kier molecular flexibility index (Phi) is 7.76. The van der Waals surface area contributed by atoms with Crippen molar-refractivity contribution in [3.8, 4) is 17.6 Å². The molecule has 4 aromatic rings. The van der Waals surface area contributed by atoms with Gasteiger partial charge in [-0.2, -0.15) is 15.1 Å². The minimum atomic E-state index is -3.99. The zero-order chi connectivity index (χ0) is 27.3. The van der Waals surface area contributed by atoms with E-state index in [-0.39, 0.29) is 35.0 Å². The van der Waals surface area contributed by atoms with Crippen LogP contribution in [0, 0.1) is 13.8 Å². The van der Waals surface area contributed by atoms with Crippen molar-refractivity contribution in [2.24, 2.45) is 0 Å². The summed E-state index contributed by atoms with van der Waals surface area (Å²) in [5.74, 6) is 0.397. The number of benzene rings is 2. The summed E-state index contributed by atoms with van der Waals surface area (Å²) in [6.45, 7) is 4.07. The quantitative estimate of drug-likeness (QED) is 0.310. The second kappa shape index (κ2) is 11.2. The van der Waals surface area contributed by atoms with Crippen LogP contribution in [0.3, 0.4) is 0 Å². The Hall–Kier alpha value is -4.65. The van der Waals surface area contributed by atoms with Crippen LogP contribution in [-0.4, -0.2) is 48.3 Å². The molecule has 0 saturated heterocycles. The van der Waals surface area contributed by atoms with Crippen LogP contribution in [0.1, 0.15) is 21.6 Å². The van der Waals surface area contributed by atoms with Gasteiger partial charge >= 0.3 is 6.01 Å². The van der Waals surface area contributed by atoms with Gasteiger partial charge in [0, 0.05) is 18.0 Å². The third kappa shape index (κ3) is 6.37. The Labute approximate surface area is 219 Å². The molecular weight excluding hydrogens is 512 g/mol. The molecule has 2 heterocycles. The molecule has 38 heavy (non-hydrogen) atoms. The zero-order valence-electron chi connectivity index (χ0n) is 21.1. The van der Waals surface area contributed by atoms with E-state index in [1.165, 1.54) is 49.2 Å². The minimum Gasteiger partial charge on any atom is -0.481 e. The number of ether oxygens (including phenoxy) is 3. The second-order valence-corrected chi connectivity index (χ2v) is 9.83. The van der Waals surface area contributed by atoms with E-state index in [9.17, 15) is 13.2 Å². The van der Waals surface area contributed by atoms with Crippen molar-refractivity contribution in [1.82, 2.24) is 19.7 Å². The SMILES string of the molecule is COc1cc(NS(=O)(=O)c2ccc(NC(=O)c3ccn(COc4cc(C)ccc4C)n3)cc2)nc(OC)n1. The van der Waals surface area contributed by atoms with Gasteiger partial charge in [-0.15, -0.1) is 0 Å². The number of nitrogens with one attached hydrogen (secondary N) is 2. The largest absolute Gasteiger partial charge is 0.481 e. The first-order valence-electron chi connectivity index (χ1n) is 11.3. The van der Waals surface area contributed by atoms with E-state index in [1.54, 1.807) is 12.3 Å². The van der Waals surface area contributed by atoms with E-state index < -0.39 is 15.9 Å². The third-order valence-corrected chi connectivity index (χ3v) is 6.68. The van der Waals surface area contributed by atoms with Crippen molar-refractivity contribution in [2.75, 3.05) is 24.3 Å². The molecule has 0 aliphatic carbocycles. The first-order chi connectivity index (χ1) is 18.2. The molecule has 0 unspecified atom stereocenters. The van der Waals surface area contributed by atoms with Gasteiger partial charge in [0.25, 0.3) is 15.9 Å². The number of aromatic nitrogens is 4. The van der Waals surface area contributed by atoms with Crippen molar-refractivity contribution in [2.45, 2.75) is 25.5 Å². The summed E-state index contributed by atoms with van der Waals surface area (Å²) in [5, 5.41) is 6.94. The van der Waals surface area contributed by atoms with Crippen LogP contribution in [-0.2, 0) is 16.8 Å². The Balaban J connectivity index is 1.38. The summed E-state index contributed by atoms with van der Waals surface area (Å²) in [6.07, 6.45) is 1.64. The highest BCUT2D eigenvalue weighted by Crippen LogP contribution is 2.22. The van der Waals surface area contributed by atoms with Crippen molar-refractivity contribution < 1.29 is 27.4 Å². The van der Waals surface area contributed by atoms with Crippen molar-refractivity contribution in [3.63, 3.8) is 0 Å². The molecule has 0 atom stereocenters. The molecule has 0 aliphatic heterocycles. The fourth-order valence-electron chi connectivity index (χ4n) is 3.31. The topological polar surface area (TPSA) is 147 Å². The van der Waals surface area contributed by atoms with E-state index in [4.69, 9.17) is 14.2 Å². The second-order valence-electron chi connectivity index (χ2n) is 8.15. The van der Waals surface area contributed by atoms with Gasteiger partial charge in [-0.05, 0) is 61.4 Å². The lowest BCUT2D eigenvalue weighted by Crippen LogP contribution is -2.16. The molecule has 1 amide bonds. The molecule has 0 aliphatic rings. The van der Waals surface area contributed by atoms with Gasteiger partial charge in [-0.25, -0.2) is 13.1 Å². The van der Waals surface area contributed by atoms with E-state index >= 15 is 0 Å². The molecule has 0 spiro atoms. The molecule has 198 valence electrons. The van der Waals surface area contributed by atoms with Crippen LogP contribution in [0.2, 0.25) is 0 Å². The number of anilines is 2. The van der Waals surface area contributed by atoms with Gasteiger partial charge < -0.3 is 19.5 Å². The number of aryl methyl sites for hydroxylation is 2. The maximum absolute atomic E-state index is 12.8. The molecule has 2 N–H and O–H groups in total. The molecular formula is C25H26N6O6S. The van der Waals surface area contributed by atoms with E-state index in [0.29, 0.717) is 5.69 Å². The summed E-state index contributed by atoms with van der Waals surface area (Å²) in [6, 6.07) is 14.4. The highest BCUT2D eigenvalue weighted by atomic mass is 32.2. The number of carbonyl (C=O) groups excluding carboxylic acids is 1. The predicted octanol–water partition coefficient (Wildman–Crippen LogP) is 3.40. The summed E-state index contributed by atoms with van der Waals surface area (Å²) >= 11 is 0. The van der Waals surface area contributed by atoms with Gasteiger partial charge in [0.15, 0.2) is 18.2 Å². The predicted molar refractivity (Wildman–Crippen MR) is 139 cm³/mol. The molecule has 0 saturated carbocycles. The van der Waals surface area contributed by atoms with Gasteiger partial charge in [-0.1, -0.05) is 12.1 Å². The minimum absolute atomic E-state index is 0.0248. The number of sulfonamides is 1. The first kappa shape index (κ1) is 26.4. The van der Waals surface area contributed by atoms with Crippen LogP contribution < -0.4 is 24.2 Å². The molecule has 0 bridgehead atoms. The Bertz CT molecular complexity index is 1530. The number of rotatable bonds is 10. The summed E-state index contributed by atoms with van der Waals surface area (Å²) in [5.41, 5.74) is 2.65. The highest BCUT2D eigenvalue weighted by Gasteiger charge is 2.18. The Morgan fingerprint density at radius 1 is 0.974 bits per heavy atom. The molecule has 0 fully saturated rings. The van der Waals surface area contributed by atoms with Crippen molar-refractivity contribution in [1.29, 1.82) is 0 Å². The maximum Gasteiger partial charge on any atom is 0.321 e. The Morgan fingerprint density at radius 3 is 2.45 bits per heavy atom. The van der Waals surface area contributed by atoms with Gasteiger partial charge in [0.2, 0.25) is 5.88 Å². The van der Waals surface area contributed by atoms with Crippen LogP contribution in [0.4, 0.5) is 11.5 Å². The fraction of sp³-hybridized carbons (Fsp3) is 0.200. The average Bonchev–Trinajstić information content (AvgIpc) is 3.38. The number of carbonyl (C=O) groups is 1. The monoisotopic (exact) mass is 538 g/mol. The van der Waals surface area contributed by atoms with E-state index in [2.05, 4.69) is 25.1 Å². The number of nitrogens with zero attached hydrogens (tertiary/aromatic N) is 4. The molecule has 0 radical (unpaired) electrons. The summed E-state index contributed by atoms with van der Waals surface area (Å²) in [7, 11) is -1.25. The van der Waals surface area contributed by atoms with E-state index in [1.807, 2.05) is 32.0 Å². The molecule has 4 rings (SSSR count). The molecule has 2 aromatic carbocycles. The number of hydrogen-bond donors (Lipinski definition) is 2. The van der Waals surface area contributed by atoms with Crippen LogP contribution in [0.5, 0.6) is 17.6 Å². The van der Waals surface area contributed by atoms with E-state index in [0.717, 1.165) is 16.9 Å². The van der Waals surface area contributed by atoms with Crippen LogP contribution in [0.25, 0.3) is 0 Å². The standard InChI is InChI=1S/C25H26N6O6S/c1-16-5-6-17(2)21(13-16)37-15-31-12-11-20(29-31)24(32)26-18-7-9-19(10-8-18)38(33,34)30-22-14-23(35-3)28-25(27-22)36-4/h5-14H,15H2,1-4H3,(H,26,32)(H,27,28,30). The van der Waals surface area contributed by atoms with Gasteiger partial charge in [-0.3, -0.25) is 9.52 Å². The van der Waals surface area contributed by atoms with Gasteiger partial charge in [0.1, 0.15) is 5.75 Å². The number of methoxy groups -OCH3 is 2. The number of amides is 1. The van der Waals surface area contributed by atoms with Crippen LogP contribution in [0.15, 0.2) is 65.7 Å².